The van der Waals surface area contributed by atoms with Crippen molar-refractivity contribution in [1.29, 1.82) is 0 Å². The Labute approximate surface area is 182 Å². The summed E-state index contributed by atoms with van der Waals surface area (Å²) >= 11 is 0. The number of rotatable bonds is 6. The standard InChI is InChI=1S/C25H28N2O4/c1-31-21(28)13-16-26-23(29)22-19-11-5-6-12-20(19)24(30)27(25(22)14-7-8-15-25)17-18-9-3-2-4-10-18/h2-6,9-12,22H,7-8,13-17H2,1H3,(H,26,29)/t22-/m1/s1. The molecule has 1 aliphatic carbocycles. The summed E-state index contributed by atoms with van der Waals surface area (Å²) in [6.07, 6.45) is 3.65. The molecule has 0 saturated heterocycles. The fourth-order valence-electron chi connectivity index (χ4n) is 5.15. The lowest BCUT2D eigenvalue weighted by molar-refractivity contribution is -0.140. The van der Waals surface area contributed by atoms with Crippen molar-refractivity contribution in [3.63, 3.8) is 0 Å². The predicted molar refractivity (Wildman–Crippen MR) is 116 cm³/mol. The van der Waals surface area contributed by atoms with Gasteiger partial charge in [-0.05, 0) is 30.0 Å². The van der Waals surface area contributed by atoms with E-state index in [-0.39, 0.29) is 30.7 Å². The molecular weight excluding hydrogens is 392 g/mol. The first kappa shape index (κ1) is 21.1. The highest BCUT2D eigenvalue weighted by molar-refractivity contribution is 6.02. The van der Waals surface area contributed by atoms with Crippen LogP contribution in [0.4, 0.5) is 0 Å². The van der Waals surface area contributed by atoms with Gasteiger partial charge in [-0.25, -0.2) is 0 Å². The third-order valence-corrected chi connectivity index (χ3v) is 6.59. The molecule has 0 bridgehead atoms. The molecule has 0 unspecified atom stereocenters. The fourth-order valence-corrected chi connectivity index (χ4v) is 5.15. The van der Waals surface area contributed by atoms with Crippen molar-refractivity contribution < 1.29 is 19.1 Å². The quantitative estimate of drug-likeness (QED) is 0.727. The van der Waals surface area contributed by atoms with Crippen LogP contribution < -0.4 is 5.32 Å². The van der Waals surface area contributed by atoms with Crippen molar-refractivity contribution in [2.24, 2.45) is 0 Å². The number of amides is 2. The van der Waals surface area contributed by atoms with Crippen LogP contribution >= 0.6 is 0 Å². The second kappa shape index (κ2) is 8.92. The van der Waals surface area contributed by atoms with Gasteiger partial charge < -0.3 is 15.0 Å². The number of nitrogens with zero attached hydrogens (tertiary/aromatic N) is 1. The zero-order valence-electron chi connectivity index (χ0n) is 17.8. The molecule has 2 aromatic carbocycles. The van der Waals surface area contributed by atoms with E-state index in [2.05, 4.69) is 10.1 Å². The minimum absolute atomic E-state index is 0.0139. The normalized spacial score (nSPS) is 19.2. The zero-order valence-corrected chi connectivity index (χ0v) is 17.8. The maximum atomic E-state index is 13.6. The Kier molecular flexibility index (Phi) is 6.07. The minimum Gasteiger partial charge on any atom is -0.469 e. The number of esters is 1. The molecule has 1 fully saturated rings. The molecule has 2 aromatic rings. The van der Waals surface area contributed by atoms with E-state index in [4.69, 9.17) is 0 Å². The predicted octanol–water partition coefficient (Wildman–Crippen LogP) is 3.42. The van der Waals surface area contributed by atoms with E-state index >= 15 is 0 Å². The second-order valence-electron chi connectivity index (χ2n) is 8.33. The van der Waals surface area contributed by atoms with Crippen LogP contribution in [-0.2, 0) is 20.9 Å². The molecule has 0 aromatic heterocycles. The lowest BCUT2D eigenvalue weighted by Gasteiger charge is -2.50. The maximum Gasteiger partial charge on any atom is 0.307 e. The number of hydrogen-bond acceptors (Lipinski definition) is 4. The largest absolute Gasteiger partial charge is 0.469 e. The van der Waals surface area contributed by atoms with Gasteiger partial charge in [-0.2, -0.15) is 0 Å². The van der Waals surface area contributed by atoms with E-state index in [9.17, 15) is 14.4 Å². The first-order valence-corrected chi connectivity index (χ1v) is 10.9. The average molecular weight is 421 g/mol. The third-order valence-electron chi connectivity index (χ3n) is 6.59. The molecule has 1 aliphatic heterocycles. The number of ether oxygens (including phenoxy) is 1. The topological polar surface area (TPSA) is 75.7 Å². The van der Waals surface area contributed by atoms with Gasteiger partial charge in [0.15, 0.2) is 0 Å². The highest BCUT2D eigenvalue weighted by atomic mass is 16.5. The number of hydrogen-bond donors (Lipinski definition) is 1. The molecule has 6 nitrogen and oxygen atoms in total. The maximum absolute atomic E-state index is 13.6. The Morgan fingerprint density at radius 1 is 1.06 bits per heavy atom. The summed E-state index contributed by atoms with van der Waals surface area (Å²) in [5, 5.41) is 2.93. The summed E-state index contributed by atoms with van der Waals surface area (Å²) in [6.45, 7) is 0.687. The van der Waals surface area contributed by atoms with E-state index in [1.165, 1.54) is 7.11 Å². The van der Waals surface area contributed by atoms with Crippen LogP contribution in [0.25, 0.3) is 0 Å². The first-order chi connectivity index (χ1) is 15.1. The fraction of sp³-hybridized carbons (Fsp3) is 0.400. The molecule has 4 rings (SSSR count). The van der Waals surface area contributed by atoms with Gasteiger partial charge in [0, 0.05) is 18.7 Å². The van der Waals surface area contributed by atoms with Crippen molar-refractivity contribution in [2.45, 2.75) is 50.1 Å². The third kappa shape index (κ3) is 3.94. The Balaban J connectivity index is 1.72. The highest BCUT2D eigenvalue weighted by Gasteiger charge is 2.55. The summed E-state index contributed by atoms with van der Waals surface area (Å²) in [5.74, 6) is -0.977. The van der Waals surface area contributed by atoms with E-state index in [1.807, 2.05) is 59.5 Å². The van der Waals surface area contributed by atoms with E-state index in [0.717, 1.165) is 36.8 Å². The summed E-state index contributed by atoms with van der Waals surface area (Å²) in [4.78, 5) is 40.5. The minimum atomic E-state index is -0.559. The van der Waals surface area contributed by atoms with Crippen molar-refractivity contribution in [3.05, 3.63) is 71.3 Å². The number of nitrogens with one attached hydrogen (secondary N) is 1. The molecule has 1 spiro atoms. The van der Waals surface area contributed by atoms with E-state index < -0.39 is 11.5 Å². The van der Waals surface area contributed by atoms with Gasteiger partial charge in [-0.15, -0.1) is 0 Å². The van der Waals surface area contributed by atoms with Crippen molar-refractivity contribution in [1.82, 2.24) is 10.2 Å². The first-order valence-electron chi connectivity index (χ1n) is 10.9. The highest BCUT2D eigenvalue weighted by Crippen LogP contribution is 2.50. The monoisotopic (exact) mass is 420 g/mol. The summed E-state index contributed by atoms with van der Waals surface area (Å²) in [5.41, 5.74) is 1.86. The Hall–Kier alpha value is -3.15. The van der Waals surface area contributed by atoms with Crippen LogP contribution in [0, 0.1) is 0 Å². The van der Waals surface area contributed by atoms with Gasteiger partial charge in [0.05, 0.1) is 25.0 Å². The lowest BCUT2D eigenvalue weighted by atomic mass is 9.71. The van der Waals surface area contributed by atoms with Gasteiger partial charge in [0.1, 0.15) is 0 Å². The van der Waals surface area contributed by atoms with Gasteiger partial charge in [0.2, 0.25) is 5.91 Å². The molecule has 1 atom stereocenters. The van der Waals surface area contributed by atoms with Crippen LogP contribution in [-0.4, -0.2) is 41.9 Å². The average Bonchev–Trinajstić information content (AvgIpc) is 3.27. The molecule has 1 saturated carbocycles. The Morgan fingerprint density at radius 2 is 1.74 bits per heavy atom. The molecule has 162 valence electrons. The molecular formula is C25H28N2O4. The molecule has 1 N–H and O–H groups in total. The molecule has 6 heteroatoms. The van der Waals surface area contributed by atoms with Crippen LogP contribution in [0.2, 0.25) is 0 Å². The van der Waals surface area contributed by atoms with Crippen LogP contribution in [0.1, 0.15) is 59.5 Å². The van der Waals surface area contributed by atoms with Crippen molar-refractivity contribution >= 4 is 17.8 Å². The van der Waals surface area contributed by atoms with Gasteiger partial charge in [-0.1, -0.05) is 61.4 Å². The van der Waals surface area contributed by atoms with Crippen molar-refractivity contribution in [2.75, 3.05) is 13.7 Å². The summed E-state index contributed by atoms with van der Waals surface area (Å²) in [7, 11) is 1.34. The molecule has 31 heavy (non-hydrogen) atoms. The number of carbonyl (C=O) groups excluding carboxylic acids is 3. The Bertz CT molecular complexity index is 966. The van der Waals surface area contributed by atoms with Gasteiger partial charge in [0.25, 0.3) is 5.91 Å². The summed E-state index contributed by atoms with van der Waals surface area (Å²) < 4.78 is 4.68. The molecule has 1 heterocycles. The van der Waals surface area contributed by atoms with Gasteiger partial charge in [-0.3, -0.25) is 14.4 Å². The van der Waals surface area contributed by atoms with Crippen LogP contribution in [0.5, 0.6) is 0 Å². The number of methoxy groups -OCH3 is 1. The number of fused-ring (bicyclic) bond motifs is 1. The number of benzene rings is 2. The smallest absolute Gasteiger partial charge is 0.307 e. The lowest BCUT2D eigenvalue weighted by Crippen LogP contribution is -2.60. The molecule has 0 radical (unpaired) electrons. The molecule has 2 aliphatic rings. The van der Waals surface area contributed by atoms with Crippen molar-refractivity contribution in [3.8, 4) is 0 Å². The van der Waals surface area contributed by atoms with Crippen LogP contribution in [0.15, 0.2) is 54.6 Å². The SMILES string of the molecule is COC(=O)CCNC(=O)[C@H]1c2ccccc2C(=O)N(Cc2ccccc2)C12CCCC2. The van der Waals surface area contributed by atoms with E-state index in [0.29, 0.717) is 12.1 Å². The van der Waals surface area contributed by atoms with Gasteiger partial charge >= 0.3 is 5.97 Å². The Morgan fingerprint density at radius 3 is 2.45 bits per heavy atom. The number of carbonyl (C=O) groups is 3. The van der Waals surface area contributed by atoms with E-state index in [1.54, 1.807) is 0 Å². The molecule has 2 amide bonds. The summed E-state index contributed by atoms with van der Waals surface area (Å²) in [6, 6.07) is 17.4. The second-order valence-corrected chi connectivity index (χ2v) is 8.33. The van der Waals surface area contributed by atoms with Crippen LogP contribution in [0.3, 0.4) is 0 Å². The zero-order chi connectivity index (χ0) is 21.8.